The van der Waals surface area contributed by atoms with Crippen LogP contribution in [0.3, 0.4) is 0 Å². The molecule has 19 heavy (non-hydrogen) atoms. The zero-order chi connectivity index (χ0) is 13.8. The second-order valence-corrected chi connectivity index (χ2v) is 4.27. The molecule has 0 aliphatic rings. The lowest BCUT2D eigenvalue weighted by Gasteiger charge is -2.06. The summed E-state index contributed by atoms with van der Waals surface area (Å²) in [5, 5.41) is 0. The van der Waals surface area contributed by atoms with Crippen LogP contribution in [0.1, 0.15) is 24.8 Å². The van der Waals surface area contributed by atoms with E-state index in [1.54, 1.807) is 6.08 Å². The lowest BCUT2D eigenvalue weighted by molar-refractivity contribution is 0.211. The number of ether oxygens (including phenoxy) is 1. The fourth-order valence-corrected chi connectivity index (χ4v) is 1.61. The van der Waals surface area contributed by atoms with E-state index in [0.29, 0.717) is 6.61 Å². The van der Waals surface area contributed by atoms with E-state index in [4.69, 9.17) is 10.5 Å². The van der Waals surface area contributed by atoms with Crippen molar-refractivity contribution in [3.63, 3.8) is 0 Å². The summed E-state index contributed by atoms with van der Waals surface area (Å²) in [7, 11) is 0. The number of allylic oxidation sites excluding steroid dienone is 4. The highest BCUT2D eigenvalue weighted by atomic mass is 16.5. The van der Waals surface area contributed by atoms with E-state index in [0.717, 1.165) is 37.1 Å². The zero-order valence-corrected chi connectivity index (χ0v) is 11.4. The topological polar surface area (TPSA) is 35.2 Å². The van der Waals surface area contributed by atoms with Crippen LogP contribution in [0, 0.1) is 0 Å². The van der Waals surface area contributed by atoms with E-state index in [-0.39, 0.29) is 0 Å². The van der Waals surface area contributed by atoms with Crippen LogP contribution in [0.4, 0.5) is 0 Å². The largest absolute Gasteiger partial charge is 0.489 e. The van der Waals surface area contributed by atoms with Gasteiger partial charge in [-0.05, 0) is 43.5 Å². The van der Waals surface area contributed by atoms with Crippen molar-refractivity contribution >= 4 is 0 Å². The monoisotopic (exact) mass is 257 g/mol. The van der Waals surface area contributed by atoms with Gasteiger partial charge in [0.2, 0.25) is 0 Å². The SMILES string of the molecule is C=C/C=C(\C=C/CCCCN)OCc1ccccc1. The molecular formula is C17H23NO. The number of nitrogens with two attached hydrogens (primary N) is 1. The molecule has 0 fully saturated rings. The third kappa shape index (κ3) is 7.27. The molecule has 0 aliphatic carbocycles. The molecule has 1 aromatic carbocycles. The Hall–Kier alpha value is -1.80. The molecule has 2 nitrogen and oxygen atoms in total. The summed E-state index contributed by atoms with van der Waals surface area (Å²) in [6.07, 6.45) is 11.0. The van der Waals surface area contributed by atoms with E-state index < -0.39 is 0 Å². The molecule has 0 saturated carbocycles. The molecule has 102 valence electrons. The van der Waals surface area contributed by atoms with E-state index in [1.807, 2.05) is 30.4 Å². The van der Waals surface area contributed by atoms with Crippen LogP contribution in [-0.4, -0.2) is 6.54 Å². The molecule has 0 radical (unpaired) electrons. The van der Waals surface area contributed by atoms with Crippen LogP contribution in [0.25, 0.3) is 0 Å². The maximum atomic E-state index is 5.75. The van der Waals surface area contributed by atoms with Crippen LogP contribution < -0.4 is 5.73 Å². The molecule has 0 amide bonds. The summed E-state index contributed by atoms with van der Waals surface area (Å²) in [5.74, 6) is 0.839. The van der Waals surface area contributed by atoms with Gasteiger partial charge in [-0.3, -0.25) is 0 Å². The summed E-state index contributed by atoms with van der Waals surface area (Å²) in [5.41, 5.74) is 6.62. The summed E-state index contributed by atoms with van der Waals surface area (Å²) >= 11 is 0. The molecule has 0 bridgehead atoms. The van der Waals surface area contributed by atoms with Gasteiger partial charge in [0.15, 0.2) is 0 Å². The number of hydrogen-bond acceptors (Lipinski definition) is 2. The highest BCUT2D eigenvalue weighted by Crippen LogP contribution is 2.08. The summed E-state index contributed by atoms with van der Waals surface area (Å²) < 4.78 is 5.75. The van der Waals surface area contributed by atoms with Crippen molar-refractivity contribution in [1.82, 2.24) is 0 Å². The highest BCUT2D eigenvalue weighted by molar-refractivity contribution is 5.19. The van der Waals surface area contributed by atoms with E-state index in [9.17, 15) is 0 Å². The summed E-state index contributed by atoms with van der Waals surface area (Å²) in [4.78, 5) is 0. The Morgan fingerprint density at radius 1 is 1.21 bits per heavy atom. The molecule has 1 rings (SSSR count). The normalized spacial score (nSPS) is 11.7. The molecule has 0 aromatic heterocycles. The molecule has 0 spiro atoms. The lowest BCUT2D eigenvalue weighted by Crippen LogP contribution is -1.97. The fraction of sp³-hybridized carbons (Fsp3) is 0.294. The van der Waals surface area contributed by atoms with Gasteiger partial charge in [-0.15, -0.1) is 0 Å². The molecule has 1 aromatic rings. The quantitative estimate of drug-likeness (QED) is 0.413. The van der Waals surface area contributed by atoms with Crippen molar-refractivity contribution in [1.29, 1.82) is 0 Å². The molecular weight excluding hydrogens is 234 g/mol. The first kappa shape index (κ1) is 15.3. The molecule has 0 saturated heterocycles. The first-order valence-corrected chi connectivity index (χ1v) is 6.73. The standard InChI is InChI=1S/C17H23NO/c1-2-10-17(13-8-3-4-9-14-18)19-15-16-11-6-5-7-12-16/h2,5-8,10-13H,1,3-4,9,14-15,18H2/b13-8-,17-10+. The minimum Gasteiger partial charge on any atom is -0.489 e. The Kier molecular flexibility index (Phi) is 8.15. The van der Waals surface area contributed by atoms with Gasteiger partial charge in [0, 0.05) is 0 Å². The molecule has 2 heteroatoms. The van der Waals surface area contributed by atoms with Crippen LogP contribution in [0.15, 0.2) is 67.0 Å². The maximum Gasteiger partial charge on any atom is 0.119 e. The van der Waals surface area contributed by atoms with Crippen molar-refractivity contribution in [2.24, 2.45) is 5.73 Å². The van der Waals surface area contributed by atoms with Gasteiger partial charge in [-0.25, -0.2) is 0 Å². The van der Waals surface area contributed by atoms with E-state index in [2.05, 4.69) is 24.8 Å². The first-order valence-electron chi connectivity index (χ1n) is 6.73. The maximum absolute atomic E-state index is 5.75. The van der Waals surface area contributed by atoms with Gasteiger partial charge in [0.05, 0.1) is 0 Å². The third-order valence-electron chi connectivity index (χ3n) is 2.64. The zero-order valence-electron chi connectivity index (χ0n) is 11.4. The smallest absolute Gasteiger partial charge is 0.119 e. The van der Waals surface area contributed by atoms with Gasteiger partial charge in [0.25, 0.3) is 0 Å². The van der Waals surface area contributed by atoms with Gasteiger partial charge < -0.3 is 10.5 Å². The number of rotatable bonds is 9. The molecule has 0 unspecified atom stereocenters. The Morgan fingerprint density at radius 3 is 2.68 bits per heavy atom. The Morgan fingerprint density at radius 2 is 2.00 bits per heavy atom. The molecule has 0 atom stereocenters. The molecule has 2 N–H and O–H groups in total. The van der Waals surface area contributed by atoms with Crippen molar-refractivity contribution < 1.29 is 4.74 Å². The fourth-order valence-electron chi connectivity index (χ4n) is 1.61. The average Bonchev–Trinajstić information content (AvgIpc) is 2.45. The highest BCUT2D eigenvalue weighted by Gasteiger charge is 1.94. The number of benzene rings is 1. The Labute approximate surface area is 116 Å². The van der Waals surface area contributed by atoms with Crippen LogP contribution in [-0.2, 0) is 11.3 Å². The minimum absolute atomic E-state index is 0.577. The molecule has 0 aliphatic heterocycles. The number of unbranched alkanes of at least 4 members (excludes halogenated alkanes) is 2. The van der Waals surface area contributed by atoms with Gasteiger partial charge in [0.1, 0.15) is 12.4 Å². The Balaban J connectivity index is 2.41. The second kappa shape index (κ2) is 10.2. The van der Waals surface area contributed by atoms with Gasteiger partial charge in [-0.1, -0.05) is 49.1 Å². The van der Waals surface area contributed by atoms with Crippen molar-refractivity contribution in [3.05, 3.63) is 72.5 Å². The summed E-state index contributed by atoms with van der Waals surface area (Å²) in [6.45, 7) is 5.04. The van der Waals surface area contributed by atoms with Crippen LogP contribution in [0.2, 0.25) is 0 Å². The third-order valence-corrected chi connectivity index (χ3v) is 2.64. The second-order valence-electron chi connectivity index (χ2n) is 4.27. The lowest BCUT2D eigenvalue weighted by atomic mass is 10.2. The van der Waals surface area contributed by atoms with Gasteiger partial charge >= 0.3 is 0 Å². The summed E-state index contributed by atoms with van der Waals surface area (Å²) in [6, 6.07) is 10.1. The molecule has 0 heterocycles. The minimum atomic E-state index is 0.577. The Bertz CT molecular complexity index is 407. The van der Waals surface area contributed by atoms with Crippen molar-refractivity contribution in [2.75, 3.05) is 6.54 Å². The predicted molar refractivity (Wildman–Crippen MR) is 81.6 cm³/mol. The predicted octanol–water partition coefficient (Wildman–Crippen LogP) is 3.96. The van der Waals surface area contributed by atoms with Crippen LogP contribution >= 0.6 is 0 Å². The average molecular weight is 257 g/mol. The van der Waals surface area contributed by atoms with E-state index in [1.165, 1.54) is 0 Å². The van der Waals surface area contributed by atoms with Gasteiger partial charge in [-0.2, -0.15) is 0 Å². The first-order chi connectivity index (χ1) is 9.36. The number of hydrogen-bond donors (Lipinski definition) is 1. The van der Waals surface area contributed by atoms with Crippen molar-refractivity contribution in [3.8, 4) is 0 Å². The van der Waals surface area contributed by atoms with Crippen LogP contribution in [0.5, 0.6) is 0 Å². The van der Waals surface area contributed by atoms with E-state index >= 15 is 0 Å². The van der Waals surface area contributed by atoms with Crippen molar-refractivity contribution in [2.45, 2.75) is 25.9 Å².